The summed E-state index contributed by atoms with van der Waals surface area (Å²) >= 11 is 0. The number of nitrogens with zero attached hydrogens (tertiary/aromatic N) is 2. The van der Waals surface area contributed by atoms with Gasteiger partial charge < -0.3 is 9.80 Å². The van der Waals surface area contributed by atoms with Crippen LogP contribution >= 0.6 is 0 Å². The minimum absolute atomic E-state index is 0.629. The third kappa shape index (κ3) is 6.10. The van der Waals surface area contributed by atoms with Crippen LogP contribution in [0.3, 0.4) is 0 Å². The van der Waals surface area contributed by atoms with Crippen molar-refractivity contribution < 1.29 is 0 Å². The lowest BCUT2D eigenvalue weighted by Crippen LogP contribution is -2.29. The van der Waals surface area contributed by atoms with E-state index in [1.165, 1.54) is 66.1 Å². The van der Waals surface area contributed by atoms with Gasteiger partial charge in [0.1, 0.15) is 0 Å². The number of fused-ring (bicyclic) bond motifs is 5. The summed E-state index contributed by atoms with van der Waals surface area (Å²) in [6, 6.07) is 85.3. The van der Waals surface area contributed by atoms with Crippen LogP contribution in [0, 0.1) is 13.8 Å². The van der Waals surface area contributed by atoms with Gasteiger partial charge in [0.25, 0.3) is 0 Å². The highest BCUT2D eigenvalue weighted by Crippen LogP contribution is 2.61. The van der Waals surface area contributed by atoms with Crippen molar-refractivity contribution in [1.82, 2.24) is 0 Å². The van der Waals surface area contributed by atoms with Gasteiger partial charge in [-0.3, -0.25) is 0 Å². The summed E-state index contributed by atoms with van der Waals surface area (Å²) in [4.78, 5) is 4.92. The normalized spacial score (nSPS) is 12.6. The number of aryl methyl sites for hydroxylation is 2. The SMILES string of the molecule is Cc1ccc(C2(c3ccc(C)cc3)c3ccccc3-c3c(N(c4ccccc4)c4ccc5ccccc5c4)cc(N(c4ccccc4)c4ccc5ccccc5c4)cc32)cc1. The summed E-state index contributed by atoms with van der Waals surface area (Å²) in [6.07, 6.45) is 0. The van der Waals surface area contributed by atoms with Crippen molar-refractivity contribution in [3.8, 4) is 11.1 Å². The first-order chi connectivity index (χ1) is 30.1. The van der Waals surface area contributed by atoms with Crippen molar-refractivity contribution in [1.29, 1.82) is 0 Å². The van der Waals surface area contributed by atoms with Crippen molar-refractivity contribution in [2.75, 3.05) is 9.80 Å². The van der Waals surface area contributed by atoms with E-state index in [-0.39, 0.29) is 0 Å². The highest BCUT2D eigenvalue weighted by atomic mass is 15.2. The fraction of sp³-hybridized carbons (Fsp3) is 0.0508. The molecule has 0 saturated carbocycles. The van der Waals surface area contributed by atoms with E-state index in [9.17, 15) is 0 Å². The summed E-state index contributed by atoms with van der Waals surface area (Å²) in [6.45, 7) is 4.36. The number of para-hydroxylation sites is 2. The molecule has 0 amide bonds. The van der Waals surface area contributed by atoms with E-state index in [1.807, 2.05) is 0 Å². The van der Waals surface area contributed by atoms with Gasteiger partial charge in [0.05, 0.1) is 11.1 Å². The first-order valence-electron chi connectivity index (χ1n) is 21.2. The predicted octanol–water partition coefficient (Wildman–Crippen LogP) is 15.9. The first kappa shape index (κ1) is 36.4. The number of benzene rings is 10. The minimum atomic E-state index is -0.629. The van der Waals surface area contributed by atoms with Gasteiger partial charge in [0, 0.05) is 34.0 Å². The zero-order valence-electron chi connectivity index (χ0n) is 34.3. The molecular weight excluding hydrogens is 737 g/mol. The fourth-order valence-electron chi connectivity index (χ4n) is 9.73. The fourth-order valence-corrected chi connectivity index (χ4v) is 9.73. The van der Waals surface area contributed by atoms with Crippen LogP contribution in [0.25, 0.3) is 32.7 Å². The molecular formula is C59H44N2. The molecule has 1 aliphatic carbocycles. The van der Waals surface area contributed by atoms with Gasteiger partial charge in [0.15, 0.2) is 0 Å². The van der Waals surface area contributed by atoms with E-state index >= 15 is 0 Å². The lowest BCUT2D eigenvalue weighted by Gasteiger charge is -2.36. The van der Waals surface area contributed by atoms with Gasteiger partial charge in [-0.05, 0) is 124 Å². The van der Waals surface area contributed by atoms with Gasteiger partial charge in [0.2, 0.25) is 0 Å². The molecule has 0 heterocycles. The zero-order chi connectivity index (χ0) is 40.9. The van der Waals surface area contributed by atoms with Crippen LogP contribution < -0.4 is 9.80 Å². The molecule has 0 fully saturated rings. The molecule has 0 aromatic heterocycles. The van der Waals surface area contributed by atoms with Gasteiger partial charge in [-0.2, -0.15) is 0 Å². The monoisotopic (exact) mass is 780 g/mol. The highest BCUT2D eigenvalue weighted by Gasteiger charge is 2.48. The molecule has 0 saturated heterocycles. The lowest BCUT2D eigenvalue weighted by atomic mass is 9.67. The van der Waals surface area contributed by atoms with Crippen LogP contribution in [0.5, 0.6) is 0 Å². The molecule has 0 N–H and O–H groups in total. The van der Waals surface area contributed by atoms with Crippen LogP contribution in [0.2, 0.25) is 0 Å². The second-order valence-electron chi connectivity index (χ2n) is 16.3. The van der Waals surface area contributed by atoms with Crippen LogP contribution in [0.15, 0.2) is 231 Å². The molecule has 61 heavy (non-hydrogen) atoms. The maximum atomic E-state index is 2.49. The Kier molecular flexibility index (Phi) is 8.86. The molecule has 2 nitrogen and oxygen atoms in total. The lowest BCUT2D eigenvalue weighted by molar-refractivity contribution is 0.767. The molecule has 1 aliphatic rings. The Balaban J connectivity index is 1.31. The van der Waals surface area contributed by atoms with Crippen LogP contribution in [0.1, 0.15) is 33.4 Å². The van der Waals surface area contributed by atoms with Crippen LogP contribution in [-0.4, -0.2) is 0 Å². The van der Waals surface area contributed by atoms with Gasteiger partial charge in [-0.15, -0.1) is 0 Å². The quantitative estimate of drug-likeness (QED) is 0.152. The number of rotatable bonds is 8. The zero-order valence-corrected chi connectivity index (χ0v) is 34.3. The number of hydrogen-bond acceptors (Lipinski definition) is 2. The molecule has 0 radical (unpaired) electrons. The summed E-state index contributed by atoms with van der Waals surface area (Å²) < 4.78 is 0. The van der Waals surface area contributed by atoms with E-state index in [0.717, 1.165) is 34.1 Å². The van der Waals surface area contributed by atoms with Crippen molar-refractivity contribution >= 4 is 55.7 Å². The molecule has 10 aromatic rings. The largest absolute Gasteiger partial charge is 0.310 e. The molecule has 0 aliphatic heterocycles. The smallest absolute Gasteiger partial charge is 0.0715 e. The van der Waals surface area contributed by atoms with Crippen LogP contribution in [-0.2, 0) is 5.41 Å². The molecule has 0 spiro atoms. The van der Waals surface area contributed by atoms with E-state index < -0.39 is 5.41 Å². The topological polar surface area (TPSA) is 6.48 Å². The van der Waals surface area contributed by atoms with Crippen molar-refractivity contribution in [3.05, 3.63) is 264 Å². The van der Waals surface area contributed by atoms with E-state index in [0.29, 0.717) is 0 Å². The summed E-state index contributed by atoms with van der Waals surface area (Å²) in [7, 11) is 0. The van der Waals surface area contributed by atoms with Gasteiger partial charge >= 0.3 is 0 Å². The Morgan fingerprint density at radius 2 is 0.770 bits per heavy atom. The highest BCUT2D eigenvalue weighted by molar-refractivity contribution is 6.01. The Bertz CT molecular complexity index is 3160. The third-order valence-electron chi connectivity index (χ3n) is 12.6. The second kappa shape index (κ2) is 14.9. The molecule has 2 heteroatoms. The Labute approximate surface area is 358 Å². The van der Waals surface area contributed by atoms with E-state index in [1.54, 1.807) is 0 Å². The first-order valence-corrected chi connectivity index (χ1v) is 21.2. The molecule has 290 valence electrons. The minimum Gasteiger partial charge on any atom is -0.310 e. The van der Waals surface area contributed by atoms with Crippen molar-refractivity contribution in [3.63, 3.8) is 0 Å². The third-order valence-corrected chi connectivity index (χ3v) is 12.6. The standard InChI is InChI=1S/C59H44N2/c1-41-25-31-47(32-26-41)59(48-33-27-42(2)28-34-48)55-24-14-13-23-54(55)58-56(59)39-53(60(49-19-5-3-6-20-49)51-35-29-43-15-9-11-17-45(43)37-51)40-57(58)61(50-21-7-4-8-22-50)52-36-30-44-16-10-12-18-46(44)38-52/h3-40H,1-2H3. The molecule has 11 rings (SSSR count). The Morgan fingerprint density at radius 1 is 0.311 bits per heavy atom. The van der Waals surface area contributed by atoms with Gasteiger partial charge in [-0.1, -0.05) is 181 Å². The molecule has 0 atom stereocenters. The Hall–Kier alpha value is -7.68. The van der Waals surface area contributed by atoms with E-state index in [2.05, 4.69) is 254 Å². The van der Waals surface area contributed by atoms with Crippen molar-refractivity contribution in [2.24, 2.45) is 0 Å². The average Bonchev–Trinajstić information content (AvgIpc) is 3.61. The molecule has 0 unspecified atom stereocenters. The van der Waals surface area contributed by atoms with Crippen LogP contribution in [0.4, 0.5) is 34.1 Å². The van der Waals surface area contributed by atoms with Gasteiger partial charge in [-0.25, -0.2) is 0 Å². The Morgan fingerprint density at radius 3 is 1.33 bits per heavy atom. The van der Waals surface area contributed by atoms with E-state index in [4.69, 9.17) is 0 Å². The maximum absolute atomic E-state index is 2.49. The molecule has 10 aromatic carbocycles. The summed E-state index contributed by atoms with van der Waals surface area (Å²) in [5, 5.41) is 4.83. The number of anilines is 6. The van der Waals surface area contributed by atoms with Crippen molar-refractivity contribution in [2.45, 2.75) is 19.3 Å². The summed E-state index contributed by atoms with van der Waals surface area (Å²) in [5.41, 5.74) is 15.9. The number of hydrogen-bond donors (Lipinski definition) is 0. The summed E-state index contributed by atoms with van der Waals surface area (Å²) in [5.74, 6) is 0. The predicted molar refractivity (Wildman–Crippen MR) is 258 cm³/mol. The maximum Gasteiger partial charge on any atom is 0.0715 e. The second-order valence-corrected chi connectivity index (χ2v) is 16.3. The molecule has 0 bridgehead atoms. The average molecular weight is 781 g/mol.